The minimum absolute atomic E-state index is 0.119. The summed E-state index contributed by atoms with van der Waals surface area (Å²) in [6, 6.07) is 9.29. The molecule has 2 heterocycles. The number of likely N-dealkylation sites (tertiary alicyclic amines) is 1. The Morgan fingerprint density at radius 1 is 0.943 bits per heavy atom. The van der Waals surface area contributed by atoms with Gasteiger partial charge < -0.3 is 15.5 Å². The van der Waals surface area contributed by atoms with Gasteiger partial charge in [0.2, 0.25) is 0 Å². The molecule has 0 bridgehead atoms. The van der Waals surface area contributed by atoms with Crippen LogP contribution in [0.2, 0.25) is 5.02 Å². The Balaban J connectivity index is 1.38. The van der Waals surface area contributed by atoms with Crippen molar-refractivity contribution in [2.75, 3.05) is 18.4 Å². The number of amides is 3. The van der Waals surface area contributed by atoms with Crippen LogP contribution in [-0.4, -0.2) is 51.7 Å². The van der Waals surface area contributed by atoms with Crippen molar-refractivity contribution in [3.63, 3.8) is 0 Å². The Bertz CT molecular complexity index is 1280. The highest BCUT2D eigenvalue weighted by Gasteiger charge is 2.27. The smallest absolute Gasteiger partial charge is 0.273 e. The minimum Gasteiger partial charge on any atom is -0.348 e. The summed E-state index contributed by atoms with van der Waals surface area (Å²) in [6.45, 7) is 0.852. The first kappa shape index (κ1) is 24.2. The number of aromatic nitrogens is 2. The largest absolute Gasteiger partial charge is 0.348 e. The lowest BCUT2D eigenvalue weighted by Gasteiger charge is -2.32. The van der Waals surface area contributed by atoms with Crippen LogP contribution in [0.15, 0.2) is 54.9 Å². The highest BCUT2D eigenvalue weighted by Crippen LogP contribution is 2.20. The Labute approximate surface area is 204 Å². The molecule has 1 aliphatic heterocycles. The fraction of sp³-hybridized carbons (Fsp3) is 0.208. The Kier molecular flexibility index (Phi) is 7.31. The molecule has 0 spiro atoms. The van der Waals surface area contributed by atoms with Crippen molar-refractivity contribution >= 4 is 35.1 Å². The number of piperidine rings is 1. The molecule has 1 aromatic heterocycles. The van der Waals surface area contributed by atoms with Crippen molar-refractivity contribution in [3.05, 3.63) is 88.3 Å². The summed E-state index contributed by atoms with van der Waals surface area (Å²) < 4.78 is 26.6. The van der Waals surface area contributed by atoms with Crippen molar-refractivity contribution in [2.24, 2.45) is 0 Å². The highest BCUT2D eigenvalue weighted by atomic mass is 35.5. The van der Waals surface area contributed by atoms with Gasteiger partial charge in [-0.25, -0.2) is 18.7 Å². The zero-order chi connectivity index (χ0) is 24.9. The molecule has 0 unspecified atom stereocenters. The number of hydrogen-bond donors (Lipinski definition) is 2. The second kappa shape index (κ2) is 10.6. The van der Waals surface area contributed by atoms with Crippen LogP contribution in [0.1, 0.15) is 44.0 Å². The summed E-state index contributed by atoms with van der Waals surface area (Å²) in [6.07, 6.45) is 3.61. The molecule has 180 valence electrons. The molecule has 2 N–H and O–H groups in total. The Hall–Kier alpha value is -3.92. The first-order chi connectivity index (χ1) is 16.8. The fourth-order valence-corrected chi connectivity index (χ4v) is 3.91. The third kappa shape index (κ3) is 5.60. The number of benzene rings is 2. The number of carbonyl (C=O) groups excluding carboxylic acids is 3. The lowest BCUT2D eigenvalue weighted by molar-refractivity contribution is 0.0697. The fourth-order valence-electron chi connectivity index (χ4n) is 3.70. The number of rotatable bonds is 5. The lowest BCUT2D eigenvalue weighted by atomic mass is 10.0. The molecular weight excluding hydrogens is 480 g/mol. The van der Waals surface area contributed by atoms with Gasteiger partial charge in [0, 0.05) is 37.1 Å². The number of hydrogen-bond acceptors (Lipinski definition) is 5. The van der Waals surface area contributed by atoms with Crippen LogP contribution in [0.25, 0.3) is 0 Å². The van der Waals surface area contributed by atoms with Gasteiger partial charge in [-0.1, -0.05) is 23.7 Å². The summed E-state index contributed by atoms with van der Waals surface area (Å²) in [5.41, 5.74) is 0.159. The lowest BCUT2D eigenvalue weighted by Crippen LogP contribution is -2.46. The third-order valence-corrected chi connectivity index (χ3v) is 5.88. The zero-order valence-electron chi connectivity index (χ0n) is 18.3. The van der Waals surface area contributed by atoms with Crippen molar-refractivity contribution in [1.82, 2.24) is 20.2 Å². The van der Waals surface area contributed by atoms with Crippen molar-refractivity contribution in [1.29, 1.82) is 0 Å². The topological polar surface area (TPSA) is 104 Å². The molecule has 1 aliphatic rings. The molecule has 2 aromatic carbocycles. The maximum absolute atomic E-state index is 13.5. The predicted molar refractivity (Wildman–Crippen MR) is 124 cm³/mol. The summed E-state index contributed by atoms with van der Waals surface area (Å²) in [4.78, 5) is 47.7. The predicted octanol–water partition coefficient (Wildman–Crippen LogP) is 3.70. The van der Waals surface area contributed by atoms with E-state index in [0.29, 0.717) is 36.5 Å². The quantitative estimate of drug-likeness (QED) is 0.557. The van der Waals surface area contributed by atoms with E-state index in [1.165, 1.54) is 12.4 Å². The van der Waals surface area contributed by atoms with Gasteiger partial charge in [-0.15, -0.1) is 0 Å². The number of nitrogens with zero attached hydrogens (tertiary/aromatic N) is 3. The van der Waals surface area contributed by atoms with Gasteiger partial charge in [-0.2, -0.15) is 0 Å². The van der Waals surface area contributed by atoms with E-state index >= 15 is 0 Å². The molecular formula is C24H20ClF2N5O3. The van der Waals surface area contributed by atoms with Gasteiger partial charge in [-0.05, 0) is 43.2 Å². The zero-order valence-corrected chi connectivity index (χ0v) is 19.1. The minimum atomic E-state index is -1.17. The number of carbonyl (C=O) groups is 3. The van der Waals surface area contributed by atoms with E-state index in [9.17, 15) is 23.2 Å². The molecule has 1 saturated heterocycles. The van der Waals surface area contributed by atoms with Crippen molar-refractivity contribution in [3.8, 4) is 0 Å². The highest BCUT2D eigenvalue weighted by molar-refractivity contribution is 6.33. The summed E-state index contributed by atoms with van der Waals surface area (Å²) in [7, 11) is 0. The van der Waals surface area contributed by atoms with Crippen LogP contribution in [0.4, 0.5) is 14.6 Å². The van der Waals surface area contributed by atoms with Crippen LogP contribution in [0.5, 0.6) is 0 Å². The molecule has 3 aromatic rings. The third-order valence-electron chi connectivity index (χ3n) is 5.55. The Morgan fingerprint density at radius 3 is 2.37 bits per heavy atom. The summed E-state index contributed by atoms with van der Waals surface area (Å²) in [5.74, 6) is -3.88. The molecule has 0 atom stereocenters. The molecule has 0 radical (unpaired) electrons. The monoisotopic (exact) mass is 499 g/mol. The van der Waals surface area contributed by atoms with Crippen LogP contribution in [0, 0.1) is 11.6 Å². The first-order valence-corrected chi connectivity index (χ1v) is 11.1. The van der Waals surface area contributed by atoms with E-state index in [1.807, 2.05) is 0 Å². The van der Waals surface area contributed by atoms with Gasteiger partial charge in [-0.3, -0.25) is 14.4 Å². The molecule has 11 heteroatoms. The van der Waals surface area contributed by atoms with Crippen molar-refractivity contribution < 1.29 is 23.2 Å². The van der Waals surface area contributed by atoms with Gasteiger partial charge in [0.25, 0.3) is 17.7 Å². The van der Waals surface area contributed by atoms with E-state index in [1.54, 1.807) is 29.2 Å². The van der Waals surface area contributed by atoms with Gasteiger partial charge in [0.1, 0.15) is 0 Å². The summed E-state index contributed by atoms with van der Waals surface area (Å²) >= 11 is 6.13. The van der Waals surface area contributed by atoms with Crippen LogP contribution < -0.4 is 10.6 Å². The first-order valence-electron chi connectivity index (χ1n) is 10.8. The molecule has 8 nitrogen and oxygen atoms in total. The molecule has 0 aliphatic carbocycles. The average Bonchev–Trinajstić information content (AvgIpc) is 2.86. The SMILES string of the molecule is O=C(Nc1nccnc1C(=O)NC1CCN(C(=O)c2ccccc2Cl)CC1)c1ccc(F)c(F)c1. The molecule has 1 fully saturated rings. The second-order valence-electron chi connectivity index (χ2n) is 7.86. The van der Waals surface area contributed by atoms with E-state index in [4.69, 9.17) is 11.6 Å². The van der Waals surface area contributed by atoms with Crippen LogP contribution >= 0.6 is 11.6 Å². The number of nitrogens with one attached hydrogen (secondary N) is 2. The standard InChI is InChI=1S/C24H20ClF2N5O3/c25-17-4-2-1-3-16(17)24(35)32-11-7-15(8-12-32)30-23(34)20-21(29-10-9-28-20)31-22(33)14-5-6-18(26)19(27)13-14/h1-6,9-10,13,15H,7-8,11-12H2,(H,30,34)(H,29,31,33). The number of halogens is 3. The molecule has 35 heavy (non-hydrogen) atoms. The molecule has 4 rings (SSSR count). The maximum atomic E-state index is 13.5. The van der Waals surface area contributed by atoms with Gasteiger partial charge in [0.15, 0.2) is 23.1 Å². The number of anilines is 1. The normalized spacial score (nSPS) is 13.9. The maximum Gasteiger partial charge on any atom is 0.273 e. The van der Waals surface area contributed by atoms with E-state index in [0.717, 1.165) is 18.2 Å². The van der Waals surface area contributed by atoms with E-state index in [2.05, 4.69) is 20.6 Å². The molecule has 3 amide bonds. The van der Waals surface area contributed by atoms with Crippen LogP contribution in [0.3, 0.4) is 0 Å². The van der Waals surface area contributed by atoms with E-state index in [-0.39, 0.29) is 29.0 Å². The van der Waals surface area contributed by atoms with Gasteiger partial charge >= 0.3 is 0 Å². The average molecular weight is 500 g/mol. The molecule has 0 saturated carbocycles. The van der Waals surface area contributed by atoms with Crippen molar-refractivity contribution in [2.45, 2.75) is 18.9 Å². The van der Waals surface area contributed by atoms with E-state index < -0.39 is 23.4 Å². The second-order valence-corrected chi connectivity index (χ2v) is 8.26. The Morgan fingerprint density at radius 2 is 1.66 bits per heavy atom. The van der Waals surface area contributed by atoms with Crippen LogP contribution in [-0.2, 0) is 0 Å². The van der Waals surface area contributed by atoms with Gasteiger partial charge in [0.05, 0.1) is 10.6 Å². The summed E-state index contributed by atoms with van der Waals surface area (Å²) in [5, 5.41) is 5.64.